The average Bonchev–Trinajstić information content (AvgIpc) is 2.60. The number of hydrogen-bond acceptors (Lipinski definition) is 5. The van der Waals surface area contributed by atoms with Crippen LogP contribution in [0.4, 0.5) is 5.69 Å². The smallest absolute Gasteiger partial charge is 0.268 e. The lowest BCUT2D eigenvalue weighted by molar-refractivity contribution is -0.116. The number of aryl methyl sites for hydroxylation is 1. The maximum Gasteiger partial charge on any atom is 0.268 e. The maximum absolute atomic E-state index is 13.2. The van der Waals surface area contributed by atoms with Crippen LogP contribution in [-0.4, -0.2) is 34.6 Å². The number of rotatable bonds is 8. The van der Waals surface area contributed by atoms with Crippen molar-refractivity contribution in [1.29, 1.82) is 0 Å². The van der Waals surface area contributed by atoms with E-state index in [1.807, 2.05) is 6.92 Å². The van der Waals surface area contributed by atoms with Crippen LogP contribution < -0.4 is 19.5 Å². The Hall–Kier alpha value is -2.74. The molecule has 0 aliphatic rings. The summed E-state index contributed by atoms with van der Waals surface area (Å²) in [6, 6.07) is 11.2. The number of nitrogens with two attached hydrogens (primary N) is 1. The van der Waals surface area contributed by atoms with Crippen LogP contribution in [0.15, 0.2) is 47.4 Å². The molecule has 2 aromatic carbocycles. The second-order valence-corrected chi connectivity index (χ2v) is 7.39. The summed E-state index contributed by atoms with van der Waals surface area (Å²) in [5.74, 6) is 0.0193. The lowest BCUT2D eigenvalue weighted by Gasteiger charge is -2.24. The molecule has 0 saturated heterocycles. The third kappa shape index (κ3) is 4.26. The number of benzene rings is 2. The summed E-state index contributed by atoms with van der Waals surface area (Å²) in [4.78, 5) is 11.5. The molecule has 0 atom stereocenters. The minimum Gasteiger partial charge on any atom is -0.495 e. The third-order valence-electron chi connectivity index (χ3n) is 3.62. The van der Waals surface area contributed by atoms with Gasteiger partial charge >= 0.3 is 0 Å². The van der Waals surface area contributed by atoms with E-state index in [-0.39, 0.29) is 10.6 Å². The first-order valence-corrected chi connectivity index (χ1v) is 9.42. The largest absolute Gasteiger partial charge is 0.495 e. The Morgan fingerprint density at radius 1 is 1.15 bits per heavy atom. The van der Waals surface area contributed by atoms with Crippen LogP contribution in [0.3, 0.4) is 0 Å². The molecule has 1 amide bonds. The van der Waals surface area contributed by atoms with Crippen molar-refractivity contribution in [2.24, 2.45) is 5.73 Å². The third-order valence-corrected chi connectivity index (χ3v) is 5.42. The molecule has 2 rings (SSSR count). The van der Waals surface area contributed by atoms with E-state index in [4.69, 9.17) is 15.2 Å². The topological polar surface area (TPSA) is 98.9 Å². The number of nitrogens with zero attached hydrogens (tertiary/aromatic N) is 1. The van der Waals surface area contributed by atoms with E-state index in [1.54, 1.807) is 43.3 Å². The fraction of sp³-hybridized carbons (Fsp3) is 0.278. The highest BCUT2D eigenvalue weighted by molar-refractivity contribution is 7.93. The predicted molar refractivity (Wildman–Crippen MR) is 99.1 cm³/mol. The maximum atomic E-state index is 13.2. The molecule has 7 nitrogen and oxygen atoms in total. The zero-order valence-corrected chi connectivity index (χ0v) is 15.7. The zero-order valence-electron chi connectivity index (χ0n) is 14.9. The molecule has 26 heavy (non-hydrogen) atoms. The van der Waals surface area contributed by atoms with Gasteiger partial charge in [-0.25, -0.2) is 8.42 Å². The molecule has 2 N–H and O–H groups in total. The van der Waals surface area contributed by atoms with Gasteiger partial charge in [0.25, 0.3) is 10.0 Å². The molecule has 0 aliphatic heterocycles. The number of hydrogen-bond donors (Lipinski definition) is 1. The van der Waals surface area contributed by atoms with Gasteiger partial charge in [0.15, 0.2) is 0 Å². The van der Waals surface area contributed by atoms with Crippen LogP contribution >= 0.6 is 0 Å². The Balaban J connectivity index is 2.55. The molecule has 0 fully saturated rings. The van der Waals surface area contributed by atoms with Crippen molar-refractivity contribution in [2.75, 3.05) is 24.6 Å². The highest BCUT2D eigenvalue weighted by atomic mass is 32.2. The molecule has 8 heteroatoms. The number of carbonyl (C=O) groups is 1. The molecule has 0 spiro atoms. The fourth-order valence-electron chi connectivity index (χ4n) is 2.44. The Bertz CT molecular complexity index is 879. The molecule has 0 saturated carbocycles. The molecule has 0 bridgehead atoms. The van der Waals surface area contributed by atoms with Gasteiger partial charge in [-0.1, -0.05) is 6.07 Å². The molecule has 0 aliphatic carbocycles. The van der Waals surface area contributed by atoms with Gasteiger partial charge in [-0.2, -0.15) is 0 Å². The fourth-order valence-corrected chi connectivity index (χ4v) is 4.11. The summed E-state index contributed by atoms with van der Waals surface area (Å²) in [7, 11) is -2.69. The summed E-state index contributed by atoms with van der Waals surface area (Å²) in [6.45, 7) is 3.62. The zero-order chi connectivity index (χ0) is 19.3. The number of anilines is 1. The highest BCUT2D eigenvalue weighted by Crippen LogP contribution is 2.31. The summed E-state index contributed by atoms with van der Waals surface area (Å²) in [6.07, 6.45) is 0. The van der Waals surface area contributed by atoms with Crippen LogP contribution in [0.2, 0.25) is 0 Å². The normalized spacial score (nSPS) is 11.0. The van der Waals surface area contributed by atoms with E-state index in [2.05, 4.69) is 0 Å². The van der Waals surface area contributed by atoms with E-state index in [0.29, 0.717) is 18.0 Å². The van der Waals surface area contributed by atoms with Crippen molar-refractivity contribution in [2.45, 2.75) is 18.7 Å². The number of ether oxygens (including phenoxy) is 2. The summed E-state index contributed by atoms with van der Waals surface area (Å²) in [5, 5.41) is 0. The molecule has 0 heterocycles. The SMILES string of the molecule is CCOc1ccc(N(CC(N)=O)S(=O)(=O)c2cc(C)ccc2OC)cc1. The first kappa shape index (κ1) is 19.6. The molecular formula is C18H22N2O5S. The van der Waals surface area contributed by atoms with E-state index in [9.17, 15) is 13.2 Å². The Morgan fingerprint density at radius 3 is 2.35 bits per heavy atom. The van der Waals surface area contributed by atoms with Crippen molar-refractivity contribution in [3.63, 3.8) is 0 Å². The molecule has 0 radical (unpaired) electrons. The molecule has 0 aromatic heterocycles. The van der Waals surface area contributed by atoms with Crippen LogP contribution in [0.25, 0.3) is 0 Å². The number of primary amides is 1. The number of sulfonamides is 1. The van der Waals surface area contributed by atoms with Crippen LogP contribution in [0.5, 0.6) is 11.5 Å². The average molecular weight is 378 g/mol. The van der Waals surface area contributed by atoms with Gasteiger partial charge in [-0.05, 0) is 55.8 Å². The molecule has 140 valence electrons. The standard InChI is InChI=1S/C18H22N2O5S/c1-4-25-15-8-6-14(7-9-15)20(12-18(19)21)26(22,23)17-11-13(2)5-10-16(17)24-3/h5-11H,4,12H2,1-3H3,(H2,19,21). The number of amides is 1. The van der Waals surface area contributed by atoms with Gasteiger partial charge in [-0.15, -0.1) is 0 Å². The summed E-state index contributed by atoms with van der Waals surface area (Å²) >= 11 is 0. The number of carbonyl (C=O) groups excluding carboxylic acids is 1. The van der Waals surface area contributed by atoms with Crippen molar-refractivity contribution < 1.29 is 22.7 Å². The molecular weight excluding hydrogens is 356 g/mol. The second-order valence-electron chi connectivity index (χ2n) is 5.56. The van der Waals surface area contributed by atoms with E-state index in [0.717, 1.165) is 9.87 Å². The lowest BCUT2D eigenvalue weighted by Crippen LogP contribution is -2.38. The first-order valence-electron chi connectivity index (χ1n) is 7.98. The quantitative estimate of drug-likeness (QED) is 0.758. The summed E-state index contributed by atoms with van der Waals surface area (Å²) < 4.78 is 37.9. The Morgan fingerprint density at radius 2 is 1.81 bits per heavy atom. The van der Waals surface area contributed by atoms with Gasteiger partial charge in [0.2, 0.25) is 5.91 Å². The summed E-state index contributed by atoms with van der Waals surface area (Å²) in [5.41, 5.74) is 6.33. The first-order chi connectivity index (χ1) is 12.3. The highest BCUT2D eigenvalue weighted by Gasteiger charge is 2.29. The van der Waals surface area contributed by atoms with Crippen molar-refractivity contribution in [3.8, 4) is 11.5 Å². The minimum atomic E-state index is -4.07. The van der Waals surface area contributed by atoms with Gasteiger partial charge < -0.3 is 15.2 Å². The van der Waals surface area contributed by atoms with E-state index >= 15 is 0 Å². The van der Waals surface area contributed by atoms with Gasteiger partial charge in [0, 0.05) is 0 Å². The Kier molecular flexibility index (Phi) is 6.10. The minimum absolute atomic E-state index is 0.0323. The van der Waals surface area contributed by atoms with Crippen molar-refractivity contribution in [1.82, 2.24) is 0 Å². The monoisotopic (exact) mass is 378 g/mol. The van der Waals surface area contributed by atoms with Gasteiger partial charge in [-0.3, -0.25) is 9.10 Å². The lowest BCUT2D eigenvalue weighted by atomic mass is 10.2. The van der Waals surface area contributed by atoms with Crippen LogP contribution in [0, 0.1) is 6.92 Å². The van der Waals surface area contributed by atoms with Crippen LogP contribution in [0.1, 0.15) is 12.5 Å². The van der Waals surface area contributed by atoms with Crippen molar-refractivity contribution in [3.05, 3.63) is 48.0 Å². The Labute approximate surface area is 153 Å². The predicted octanol–water partition coefficient (Wildman–Crippen LogP) is 2.08. The molecule has 0 unspecified atom stereocenters. The number of methoxy groups -OCH3 is 1. The van der Waals surface area contributed by atoms with Crippen LogP contribution in [-0.2, 0) is 14.8 Å². The second kappa shape index (κ2) is 8.09. The molecule has 2 aromatic rings. The van der Waals surface area contributed by atoms with E-state index < -0.39 is 22.5 Å². The van der Waals surface area contributed by atoms with E-state index in [1.165, 1.54) is 13.2 Å². The van der Waals surface area contributed by atoms with Gasteiger partial charge in [0.05, 0.1) is 19.4 Å². The van der Waals surface area contributed by atoms with Crippen molar-refractivity contribution >= 4 is 21.6 Å². The van der Waals surface area contributed by atoms with Gasteiger partial charge in [0.1, 0.15) is 22.9 Å².